The standard InChI is InChI=1S/C16H14/c1-2-12-8-5-9-15-10-13-6-3-4-7-14(13)11-16(12)15/h2-4,6-8,10-11H,1,5,9H2. The van der Waals surface area contributed by atoms with Gasteiger partial charge in [-0.3, -0.25) is 0 Å². The number of benzene rings is 2. The molecule has 0 bridgehead atoms. The number of rotatable bonds is 1. The van der Waals surface area contributed by atoms with Gasteiger partial charge < -0.3 is 0 Å². The van der Waals surface area contributed by atoms with Gasteiger partial charge >= 0.3 is 0 Å². The van der Waals surface area contributed by atoms with E-state index in [1.54, 1.807) is 0 Å². The van der Waals surface area contributed by atoms with Crippen molar-refractivity contribution in [2.45, 2.75) is 12.8 Å². The second-order valence-corrected chi connectivity index (χ2v) is 4.26. The normalized spacial score (nSPS) is 14.4. The molecule has 0 nitrogen and oxygen atoms in total. The molecule has 0 heterocycles. The third-order valence-electron chi connectivity index (χ3n) is 3.28. The Morgan fingerprint density at radius 1 is 1.06 bits per heavy atom. The Morgan fingerprint density at radius 2 is 1.81 bits per heavy atom. The fourth-order valence-corrected chi connectivity index (χ4v) is 2.45. The SMILES string of the molecule is C=CC1=CCCc2cc3ccccc3cc21. The summed E-state index contributed by atoms with van der Waals surface area (Å²) >= 11 is 0. The highest BCUT2D eigenvalue weighted by Crippen LogP contribution is 2.30. The largest absolute Gasteiger partial charge is 0.0985 e. The summed E-state index contributed by atoms with van der Waals surface area (Å²) in [7, 11) is 0. The maximum absolute atomic E-state index is 3.90. The molecule has 0 fully saturated rings. The molecule has 1 aliphatic rings. The zero-order valence-electron chi connectivity index (χ0n) is 9.24. The fourth-order valence-electron chi connectivity index (χ4n) is 2.45. The summed E-state index contributed by atoms with van der Waals surface area (Å²) < 4.78 is 0. The van der Waals surface area contributed by atoms with E-state index in [2.05, 4.69) is 49.1 Å². The van der Waals surface area contributed by atoms with Gasteiger partial charge in [0.25, 0.3) is 0 Å². The predicted octanol–water partition coefficient (Wildman–Crippen LogP) is 4.36. The molecular formula is C16H14. The van der Waals surface area contributed by atoms with Gasteiger partial charge in [-0.2, -0.15) is 0 Å². The van der Waals surface area contributed by atoms with Crippen LogP contribution in [-0.2, 0) is 6.42 Å². The van der Waals surface area contributed by atoms with Gasteiger partial charge in [0.05, 0.1) is 0 Å². The second-order valence-electron chi connectivity index (χ2n) is 4.26. The predicted molar refractivity (Wildman–Crippen MR) is 70.4 cm³/mol. The molecule has 2 aromatic rings. The molecule has 0 unspecified atom stereocenters. The van der Waals surface area contributed by atoms with Crippen LogP contribution in [0.25, 0.3) is 16.3 Å². The third kappa shape index (κ3) is 1.38. The molecule has 3 rings (SSSR count). The molecule has 0 saturated heterocycles. The Bertz CT molecular complexity index is 588. The quantitative estimate of drug-likeness (QED) is 0.650. The van der Waals surface area contributed by atoms with Crippen LogP contribution < -0.4 is 0 Å². The average molecular weight is 206 g/mol. The van der Waals surface area contributed by atoms with Gasteiger partial charge in [-0.1, -0.05) is 49.1 Å². The maximum atomic E-state index is 3.90. The molecule has 0 amide bonds. The van der Waals surface area contributed by atoms with Gasteiger partial charge in [0.15, 0.2) is 0 Å². The van der Waals surface area contributed by atoms with E-state index in [0.29, 0.717) is 0 Å². The van der Waals surface area contributed by atoms with Crippen LogP contribution in [0.4, 0.5) is 0 Å². The molecule has 0 radical (unpaired) electrons. The van der Waals surface area contributed by atoms with Crippen molar-refractivity contribution in [3.8, 4) is 0 Å². The highest BCUT2D eigenvalue weighted by atomic mass is 14.1. The molecule has 78 valence electrons. The monoisotopic (exact) mass is 206 g/mol. The lowest BCUT2D eigenvalue weighted by Crippen LogP contribution is -1.98. The molecule has 0 aromatic heterocycles. The Kier molecular flexibility index (Phi) is 2.14. The molecule has 0 aliphatic heterocycles. The van der Waals surface area contributed by atoms with Crippen molar-refractivity contribution >= 4 is 16.3 Å². The van der Waals surface area contributed by atoms with Crippen LogP contribution in [0.2, 0.25) is 0 Å². The number of hydrogen-bond donors (Lipinski definition) is 0. The fraction of sp³-hybridized carbons (Fsp3) is 0.125. The molecule has 0 N–H and O–H groups in total. The zero-order chi connectivity index (χ0) is 11.0. The smallest absolute Gasteiger partial charge is 0.0149 e. The van der Waals surface area contributed by atoms with Crippen LogP contribution in [0.1, 0.15) is 17.5 Å². The molecule has 0 spiro atoms. The first kappa shape index (κ1) is 9.41. The molecular weight excluding hydrogens is 192 g/mol. The van der Waals surface area contributed by atoms with Gasteiger partial charge in [-0.05, 0) is 46.4 Å². The van der Waals surface area contributed by atoms with Crippen molar-refractivity contribution < 1.29 is 0 Å². The van der Waals surface area contributed by atoms with E-state index in [-0.39, 0.29) is 0 Å². The first-order chi connectivity index (χ1) is 7.88. The molecule has 1 aliphatic carbocycles. The first-order valence-electron chi connectivity index (χ1n) is 5.73. The Labute approximate surface area is 95.9 Å². The van der Waals surface area contributed by atoms with Crippen LogP contribution in [0.15, 0.2) is 55.1 Å². The van der Waals surface area contributed by atoms with Gasteiger partial charge in [-0.15, -0.1) is 0 Å². The Morgan fingerprint density at radius 3 is 2.56 bits per heavy atom. The minimum absolute atomic E-state index is 1.13. The summed E-state index contributed by atoms with van der Waals surface area (Å²) in [6, 6.07) is 13.2. The van der Waals surface area contributed by atoms with Crippen molar-refractivity contribution in [1.29, 1.82) is 0 Å². The van der Waals surface area contributed by atoms with Gasteiger partial charge in [0, 0.05) is 0 Å². The van der Waals surface area contributed by atoms with E-state index >= 15 is 0 Å². The lowest BCUT2D eigenvalue weighted by Gasteiger charge is -2.16. The van der Waals surface area contributed by atoms with Crippen molar-refractivity contribution in [2.24, 2.45) is 0 Å². The van der Waals surface area contributed by atoms with Crippen LogP contribution in [0.3, 0.4) is 0 Å². The highest BCUT2D eigenvalue weighted by Gasteiger charge is 2.10. The number of aryl methyl sites for hydroxylation is 1. The zero-order valence-corrected chi connectivity index (χ0v) is 9.24. The number of hydrogen-bond acceptors (Lipinski definition) is 0. The summed E-state index contributed by atoms with van der Waals surface area (Å²) in [5.41, 5.74) is 4.10. The van der Waals surface area contributed by atoms with Crippen molar-refractivity contribution in [3.05, 3.63) is 66.3 Å². The lowest BCUT2D eigenvalue weighted by molar-refractivity contribution is 0.983. The number of allylic oxidation sites excluding steroid dienone is 3. The van der Waals surface area contributed by atoms with Crippen LogP contribution in [0, 0.1) is 0 Å². The van der Waals surface area contributed by atoms with E-state index in [1.807, 2.05) is 6.08 Å². The first-order valence-corrected chi connectivity index (χ1v) is 5.73. The summed E-state index contributed by atoms with van der Waals surface area (Å²) in [6.45, 7) is 3.90. The van der Waals surface area contributed by atoms with Gasteiger partial charge in [0.2, 0.25) is 0 Å². The minimum Gasteiger partial charge on any atom is -0.0985 e. The summed E-state index contributed by atoms with van der Waals surface area (Å²) in [5.74, 6) is 0. The van der Waals surface area contributed by atoms with E-state index in [0.717, 1.165) is 12.8 Å². The average Bonchev–Trinajstić information content (AvgIpc) is 2.35. The van der Waals surface area contributed by atoms with E-state index in [4.69, 9.17) is 0 Å². The van der Waals surface area contributed by atoms with Crippen LogP contribution >= 0.6 is 0 Å². The van der Waals surface area contributed by atoms with Crippen LogP contribution in [-0.4, -0.2) is 0 Å². The van der Waals surface area contributed by atoms with Gasteiger partial charge in [0.1, 0.15) is 0 Å². The topological polar surface area (TPSA) is 0 Å². The molecule has 0 heteroatoms. The van der Waals surface area contributed by atoms with E-state index in [1.165, 1.54) is 27.5 Å². The summed E-state index contributed by atoms with van der Waals surface area (Å²) in [4.78, 5) is 0. The Balaban J connectivity index is 2.31. The third-order valence-corrected chi connectivity index (χ3v) is 3.28. The Hall–Kier alpha value is -1.82. The lowest BCUT2D eigenvalue weighted by atomic mass is 9.88. The minimum atomic E-state index is 1.13. The summed E-state index contributed by atoms with van der Waals surface area (Å²) in [5, 5.41) is 2.66. The van der Waals surface area contributed by atoms with Crippen molar-refractivity contribution in [1.82, 2.24) is 0 Å². The molecule has 2 aromatic carbocycles. The number of fused-ring (bicyclic) bond motifs is 2. The molecule has 0 saturated carbocycles. The van der Waals surface area contributed by atoms with E-state index in [9.17, 15) is 0 Å². The van der Waals surface area contributed by atoms with Gasteiger partial charge in [-0.25, -0.2) is 0 Å². The van der Waals surface area contributed by atoms with E-state index < -0.39 is 0 Å². The van der Waals surface area contributed by atoms with Crippen molar-refractivity contribution in [2.75, 3.05) is 0 Å². The molecule has 0 atom stereocenters. The van der Waals surface area contributed by atoms with Crippen molar-refractivity contribution in [3.63, 3.8) is 0 Å². The maximum Gasteiger partial charge on any atom is -0.0149 e. The van der Waals surface area contributed by atoms with Crippen LogP contribution in [0.5, 0.6) is 0 Å². The second kappa shape index (κ2) is 3.64. The summed E-state index contributed by atoms with van der Waals surface area (Å²) in [6.07, 6.45) is 6.53. The highest BCUT2D eigenvalue weighted by molar-refractivity contribution is 5.90. The molecule has 16 heavy (non-hydrogen) atoms.